The maximum Gasteiger partial charge on any atom is 0.150 e. The Hall–Kier alpha value is -1.42. The molecule has 0 bridgehead atoms. The van der Waals surface area contributed by atoms with Crippen LogP contribution < -0.4 is 0 Å². The molecule has 2 N–H and O–H groups in total. The summed E-state index contributed by atoms with van der Waals surface area (Å²) in [5, 5.41) is 15.6. The lowest BCUT2D eigenvalue weighted by atomic mass is 10.2. The molecule has 0 saturated heterocycles. The van der Waals surface area contributed by atoms with E-state index in [2.05, 4.69) is 0 Å². The predicted molar refractivity (Wildman–Crippen MR) is 59.6 cm³/mol. The van der Waals surface area contributed by atoms with Crippen molar-refractivity contribution in [2.24, 2.45) is 0 Å². The molecule has 0 aliphatic heterocycles. The summed E-state index contributed by atoms with van der Waals surface area (Å²) in [5.74, 6) is 0. The Labute approximate surface area is 86.5 Å². The van der Waals surface area contributed by atoms with Gasteiger partial charge in [-0.3, -0.25) is 15.6 Å². The van der Waals surface area contributed by atoms with Crippen LogP contribution in [0.25, 0.3) is 0 Å². The van der Waals surface area contributed by atoms with E-state index in [9.17, 15) is 4.79 Å². The lowest BCUT2D eigenvalue weighted by Crippen LogP contribution is -1.96. The normalized spacial score (nSPS) is 9.50. The van der Waals surface area contributed by atoms with Gasteiger partial charge in [0.1, 0.15) is 11.3 Å². The van der Waals surface area contributed by atoms with Crippen LogP contribution in [-0.4, -0.2) is 16.4 Å². The lowest BCUT2D eigenvalue weighted by molar-refractivity contribution is 0.112. The molecule has 0 atom stereocenters. The van der Waals surface area contributed by atoms with Gasteiger partial charge in [-0.05, 0) is 6.92 Å². The first kappa shape index (κ1) is 10.7. The van der Waals surface area contributed by atoms with E-state index in [0.29, 0.717) is 15.7 Å². The molecule has 0 unspecified atom stereocenters. The Morgan fingerprint density at radius 3 is 2.29 bits per heavy atom. The molecule has 4 heteroatoms. The average molecular weight is 206 g/mol. The van der Waals surface area contributed by atoms with Crippen molar-refractivity contribution in [1.82, 2.24) is 0 Å². The maximum absolute atomic E-state index is 10.4. The number of hydrogen-bond acceptors (Lipinski definition) is 4. The SMILES string of the molecule is CC(=N)SC(=N)c1ccc(C=O)cc1. The Kier molecular flexibility index (Phi) is 3.59. The summed E-state index contributed by atoms with van der Waals surface area (Å²) >= 11 is 1.10. The molecule has 0 spiro atoms. The van der Waals surface area contributed by atoms with E-state index >= 15 is 0 Å². The zero-order chi connectivity index (χ0) is 10.6. The van der Waals surface area contributed by atoms with Gasteiger partial charge in [0.15, 0.2) is 0 Å². The first-order chi connectivity index (χ1) is 6.63. The fraction of sp³-hybridized carbons (Fsp3) is 0.100. The second-order valence-corrected chi connectivity index (χ2v) is 3.95. The number of hydrogen-bond donors (Lipinski definition) is 2. The van der Waals surface area contributed by atoms with E-state index in [-0.39, 0.29) is 0 Å². The highest BCUT2D eigenvalue weighted by Crippen LogP contribution is 2.13. The molecule has 1 rings (SSSR count). The van der Waals surface area contributed by atoms with Gasteiger partial charge in [-0.25, -0.2) is 0 Å². The molecule has 0 saturated carbocycles. The van der Waals surface area contributed by atoms with Gasteiger partial charge in [0, 0.05) is 11.1 Å². The Balaban J connectivity index is 2.81. The molecular weight excluding hydrogens is 196 g/mol. The molecule has 0 aromatic heterocycles. The summed E-state index contributed by atoms with van der Waals surface area (Å²) in [6.07, 6.45) is 0.766. The van der Waals surface area contributed by atoms with Gasteiger partial charge in [0.2, 0.25) is 0 Å². The van der Waals surface area contributed by atoms with Gasteiger partial charge in [-0.1, -0.05) is 36.0 Å². The monoisotopic (exact) mass is 206 g/mol. The summed E-state index contributed by atoms with van der Waals surface area (Å²) in [4.78, 5) is 10.4. The van der Waals surface area contributed by atoms with Crippen LogP contribution in [0.2, 0.25) is 0 Å². The van der Waals surface area contributed by atoms with Crippen molar-refractivity contribution < 1.29 is 4.79 Å². The molecule has 0 heterocycles. The van der Waals surface area contributed by atoms with Crippen molar-refractivity contribution in [1.29, 1.82) is 10.8 Å². The van der Waals surface area contributed by atoms with Crippen LogP contribution in [0.1, 0.15) is 22.8 Å². The van der Waals surface area contributed by atoms with Crippen molar-refractivity contribution in [3.05, 3.63) is 35.4 Å². The summed E-state index contributed by atoms with van der Waals surface area (Å²) < 4.78 is 0. The van der Waals surface area contributed by atoms with Crippen LogP contribution in [0.3, 0.4) is 0 Å². The van der Waals surface area contributed by atoms with E-state index in [1.54, 1.807) is 31.2 Å². The second kappa shape index (κ2) is 4.72. The van der Waals surface area contributed by atoms with E-state index in [1.807, 2.05) is 0 Å². The van der Waals surface area contributed by atoms with Crippen LogP contribution in [0.4, 0.5) is 0 Å². The number of thioether (sulfide) groups is 1. The molecule has 0 aliphatic carbocycles. The topological polar surface area (TPSA) is 64.8 Å². The van der Waals surface area contributed by atoms with Gasteiger partial charge in [0.25, 0.3) is 0 Å². The van der Waals surface area contributed by atoms with Crippen LogP contribution in [0.15, 0.2) is 24.3 Å². The van der Waals surface area contributed by atoms with E-state index < -0.39 is 0 Å². The summed E-state index contributed by atoms with van der Waals surface area (Å²) in [7, 11) is 0. The molecule has 0 fully saturated rings. The molecular formula is C10H10N2OS. The Morgan fingerprint density at radius 1 is 1.29 bits per heavy atom. The van der Waals surface area contributed by atoms with E-state index in [4.69, 9.17) is 10.8 Å². The zero-order valence-corrected chi connectivity index (χ0v) is 8.52. The molecule has 1 aromatic rings. The fourth-order valence-corrected chi connectivity index (χ4v) is 1.49. The molecule has 0 amide bonds. The minimum Gasteiger partial charge on any atom is -0.298 e. The number of rotatable bonds is 2. The van der Waals surface area contributed by atoms with Crippen LogP contribution >= 0.6 is 11.8 Å². The highest BCUT2D eigenvalue weighted by atomic mass is 32.2. The van der Waals surface area contributed by atoms with Crippen molar-refractivity contribution in [3.63, 3.8) is 0 Å². The predicted octanol–water partition coefficient (Wildman–Crippen LogP) is 2.55. The number of aldehydes is 1. The summed E-state index contributed by atoms with van der Waals surface area (Å²) in [5.41, 5.74) is 1.32. The Morgan fingerprint density at radius 2 is 1.86 bits per heavy atom. The van der Waals surface area contributed by atoms with Crippen molar-refractivity contribution >= 4 is 28.1 Å². The molecule has 0 radical (unpaired) electrons. The number of benzene rings is 1. The Bertz CT molecular complexity index is 370. The standard InChI is InChI=1S/C10H10N2OS/c1-7(11)14-10(12)9-4-2-8(6-13)3-5-9/h2-6,11-12H,1H3. The van der Waals surface area contributed by atoms with E-state index in [0.717, 1.165) is 23.6 Å². The number of carbonyl (C=O) groups excluding carboxylic acids is 1. The van der Waals surface area contributed by atoms with Crippen molar-refractivity contribution in [3.8, 4) is 0 Å². The minimum absolute atomic E-state index is 0.329. The van der Waals surface area contributed by atoms with Crippen LogP contribution in [-0.2, 0) is 0 Å². The van der Waals surface area contributed by atoms with E-state index in [1.165, 1.54) is 0 Å². The second-order valence-electron chi connectivity index (χ2n) is 2.73. The fourth-order valence-electron chi connectivity index (χ4n) is 0.925. The van der Waals surface area contributed by atoms with Crippen molar-refractivity contribution in [2.45, 2.75) is 6.92 Å². The highest BCUT2D eigenvalue weighted by molar-refractivity contribution is 8.26. The van der Waals surface area contributed by atoms with Crippen molar-refractivity contribution in [2.75, 3.05) is 0 Å². The molecule has 0 aliphatic rings. The lowest BCUT2D eigenvalue weighted by Gasteiger charge is -2.01. The maximum atomic E-state index is 10.4. The third-order valence-electron chi connectivity index (χ3n) is 1.56. The van der Waals surface area contributed by atoms with Gasteiger partial charge in [-0.15, -0.1) is 0 Å². The molecule has 14 heavy (non-hydrogen) atoms. The molecule has 72 valence electrons. The van der Waals surface area contributed by atoms with Gasteiger partial charge in [0.05, 0.1) is 5.04 Å². The average Bonchev–Trinajstić information content (AvgIpc) is 2.17. The number of carbonyl (C=O) groups is 1. The first-order valence-electron chi connectivity index (χ1n) is 4.00. The molecule has 1 aromatic carbocycles. The van der Waals surface area contributed by atoms with Crippen LogP contribution in [0, 0.1) is 10.8 Å². The largest absolute Gasteiger partial charge is 0.298 e. The van der Waals surface area contributed by atoms with Gasteiger partial charge in [-0.2, -0.15) is 0 Å². The minimum atomic E-state index is 0.329. The highest BCUT2D eigenvalue weighted by Gasteiger charge is 2.02. The first-order valence-corrected chi connectivity index (χ1v) is 4.82. The third-order valence-corrected chi connectivity index (χ3v) is 2.31. The zero-order valence-electron chi connectivity index (χ0n) is 7.70. The summed E-state index contributed by atoms with van der Waals surface area (Å²) in [6, 6.07) is 6.75. The van der Waals surface area contributed by atoms with Crippen LogP contribution in [0.5, 0.6) is 0 Å². The summed E-state index contributed by atoms with van der Waals surface area (Å²) in [6.45, 7) is 1.64. The molecule has 3 nitrogen and oxygen atoms in total. The smallest absolute Gasteiger partial charge is 0.150 e. The third kappa shape index (κ3) is 2.81. The quantitative estimate of drug-likeness (QED) is 0.443. The van der Waals surface area contributed by atoms with Gasteiger partial charge < -0.3 is 0 Å². The number of nitrogens with one attached hydrogen (secondary N) is 2. The van der Waals surface area contributed by atoms with Gasteiger partial charge >= 0.3 is 0 Å².